The Bertz CT molecular complexity index is 268. The van der Waals surface area contributed by atoms with E-state index in [1.165, 1.54) is 18.5 Å². The maximum atomic E-state index is 5.13. The highest BCUT2D eigenvalue weighted by Crippen LogP contribution is 2.12. The molecule has 1 aromatic rings. The van der Waals surface area contributed by atoms with Crippen LogP contribution in [0.15, 0.2) is 24.3 Å². The average Bonchev–Trinajstić information content (AvgIpc) is 2.29. The monoisotopic (exact) mass is 207 g/mol. The molecule has 0 saturated heterocycles. The third kappa shape index (κ3) is 3.92. The van der Waals surface area contributed by atoms with Crippen LogP contribution in [0.1, 0.15) is 25.8 Å². The summed E-state index contributed by atoms with van der Waals surface area (Å²) in [6.07, 6.45) is 1.21. The van der Waals surface area contributed by atoms with Crippen molar-refractivity contribution in [3.63, 3.8) is 0 Å². The summed E-state index contributed by atoms with van der Waals surface area (Å²) in [7, 11) is 1.70. The minimum Gasteiger partial charge on any atom is -0.497 e. The third-order valence-electron chi connectivity index (χ3n) is 2.55. The fourth-order valence-electron chi connectivity index (χ4n) is 1.65. The Kier molecular flexibility index (Phi) is 5.19. The number of nitrogens with zero attached hydrogens (tertiary/aromatic N) is 1. The lowest BCUT2D eigenvalue weighted by molar-refractivity contribution is 0.280. The predicted molar refractivity (Wildman–Crippen MR) is 64.2 cm³/mol. The van der Waals surface area contributed by atoms with E-state index in [-0.39, 0.29) is 0 Å². The summed E-state index contributed by atoms with van der Waals surface area (Å²) < 4.78 is 5.13. The number of benzene rings is 1. The molecule has 0 radical (unpaired) electrons. The highest BCUT2D eigenvalue weighted by molar-refractivity contribution is 5.27. The fraction of sp³-hybridized carbons (Fsp3) is 0.538. The molecule has 2 heteroatoms. The van der Waals surface area contributed by atoms with Crippen LogP contribution < -0.4 is 4.74 Å². The first-order valence-corrected chi connectivity index (χ1v) is 5.65. The van der Waals surface area contributed by atoms with Crippen molar-refractivity contribution in [2.45, 2.75) is 26.8 Å². The van der Waals surface area contributed by atoms with Crippen LogP contribution in [0.4, 0.5) is 0 Å². The molecule has 0 spiro atoms. The average molecular weight is 207 g/mol. The summed E-state index contributed by atoms with van der Waals surface area (Å²) in [5, 5.41) is 0. The van der Waals surface area contributed by atoms with Crippen molar-refractivity contribution in [1.29, 1.82) is 0 Å². The van der Waals surface area contributed by atoms with Crippen LogP contribution >= 0.6 is 0 Å². The topological polar surface area (TPSA) is 12.5 Å². The Balaban J connectivity index is 2.55. The molecule has 0 aliphatic heterocycles. The number of methoxy groups -OCH3 is 1. The van der Waals surface area contributed by atoms with Crippen LogP contribution in [0, 0.1) is 0 Å². The lowest BCUT2D eigenvalue weighted by Crippen LogP contribution is -2.23. The molecule has 84 valence electrons. The van der Waals surface area contributed by atoms with Crippen molar-refractivity contribution >= 4 is 0 Å². The van der Waals surface area contributed by atoms with E-state index >= 15 is 0 Å². The van der Waals surface area contributed by atoms with Crippen molar-refractivity contribution < 1.29 is 4.74 Å². The van der Waals surface area contributed by atoms with Gasteiger partial charge < -0.3 is 4.74 Å². The van der Waals surface area contributed by atoms with E-state index in [0.717, 1.165) is 18.8 Å². The molecular weight excluding hydrogens is 186 g/mol. The largest absolute Gasteiger partial charge is 0.497 e. The van der Waals surface area contributed by atoms with Crippen LogP contribution in [0.2, 0.25) is 0 Å². The second kappa shape index (κ2) is 6.46. The second-order valence-electron chi connectivity index (χ2n) is 3.72. The first-order chi connectivity index (χ1) is 7.30. The summed E-state index contributed by atoms with van der Waals surface area (Å²) in [6, 6.07) is 8.32. The molecule has 0 unspecified atom stereocenters. The standard InChI is InChI=1S/C13H21NO/c1-4-10-14(5-2)11-12-6-8-13(15-3)9-7-12/h6-9H,4-5,10-11H2,1-3H3. The van der Waals surface area contributed by atoms with Gasteiger partial charge in [-0.05, 0) is 37.2 Å². The molecular formula is C13H21NO. The van der Waals surface area contributed by atoms with Crippen LogP contribution in [-0.2, 0) is 6.54 Å². The molecule has 0 bridgehead atoms. The highest BCUT2D eigenvalue weighted by atomic mass is 16.5. The summed E-state index contributed by atoms with van der Waals surface area (Å²) in [6.45, 7) is 7.74. The molecule has 0 amide bonds. The Morgan fingerprint density at radius 2 is 1.80 bits per heavy atom. The minimum absolute atomic E-state index is 0.928. The van der Waals surface area contributed by atoms with Gasteiger partial charge in [0.25, 0.3) is 0 Å². The van der Waals surface area contributed by atoms with Gasteiger partial charge in [0.05, 0.1) is 7.11 Å². The van der Waals surface area contributed by atoms with Crippen molar-refractivity contribution in [2.75, 3.05) is 20.2 Å². The first kappa shape index (κ1) is 12.1. The molecule has 0 heterocycles. The summed E-state index contributed by atoms with van der Waals surface area (Å²) in [4.78, 5) is 2.45. The van der Waals surface area contributed by atoms with E-state index in [0.29, 0.717) is 0 Å². The quantitative estimate of drug-likeness (QED) is 0.711. The van der Waals surface area contributed by atoms with Gasteiger partial charge in [0.15, 0.2) is 0 Å². The van der Waals surface area contributed by atoms with E-state index in [9.17, 15) is 0 Å². The maximum absolute atomic E-state index is 5.13. The molecule has 0 aliphatic rings. The number of hydrogen-bond donors (Lipinski definition) is 0. The van der Waals surface area contributed by atoms with Gasteiger partial charge in [0.2, 0.25) is 0 Å². The lowest BCUT2D eigenvalue weighted by atomic mass is 10.2. The van der Waals surface area contributed by atoms with Crippen LogP contribution in [0.5, 0.6) is 5.75 Å². The summed E-state index contributed by atoms with van der Waals surface area (Å²) in [5.41, 5.74) is 1.35. The predicted octanol–water partition coefficient (Wildman–Crippen LogP) is 2.93. The minimum atomic E-state index is 0.928. The number of hydrogen-bond acceptors (Lipinski definition) is 2. The van der Waals surface area contributed by atoms with Gasteiger partial charge in [-0.15, -0.1) is 0 Å². The highest BCUT2D eigenvalue weighted by Gasteiger charge is 2.02. The zero-order chi connectivity index (χ0) is 11.1. The van der Waals surface area contributed by atoms with Crippen molar-refractivity contribution in [1.82, 2.24) is 4.90 Å². The summed E-state index contributed by atoms with van der Waals surface area (Å²) >= 11 is 0. The molecule has 0 N–H and O–H groups in total. The third-order valence-corrected chi connectivity index (χ3v) is 2.55. The van der Waals surface area contributed by atoms with Gasteiger partial charge in [-0.1, -0.05) is 26.0 Å². The van der Waals surface area contributed by atoms with Gasteiger partial charge in [-0.25, -0.2) is 0 Å². The second-order valence-corrected chi connectivity index (χ2v) is 3.72. The molecule has 0 aromatic heterocycles. The van der Waals surface area contributed by atoms with E-state index < -0.39 is 0 Å². The molecule has 0 saturated carbocycles. The SMILES string of the molecule is CCCN(CC)Cc1ccc(OC)cc1. The van der Waals surface area contributed by atoms with Gasteiger partial charge in [-0.2, -0.15) is 0 Å². The fourth-order valence-corrected chi connectivity index (χ4v) is 1.65. The lowest BCUT2D eigenvalue weighted by Gasteiger charge is -2.19. The number of rotatable bonds is 6. The van der Waals surface area contributed by atoms with Gasteiger partial charge in [0.1, 0.15) is 5.75 Å². The maximum Gasteiger partial charge on any atom is 0.118 e. The van der Waals surface area contributed by atoms with Crippen molar-refractivity contribution in [3.8, 4) is 5.75 Å². The van der Waals surface area contributed by atoms with E-state index in [4.69, 9.17) is 4.74 Å². The van der Waals surface area contributed by atoms with Crippen molar-refractivity contribution in [3.05, 3.63) is 29.8 Å². The Labute approximate surface area is 92.9 Å². The molecule has 1 aromatic carbocycles. The molecule has 0 atom stereocenters. The van der Waals surface area contributed by atoms with Crippen LogP contribution in [-0.4, -0.2) is 25.1 Å². The molecule has 1 rings (SSSR count). The van der Waals surface area contributed by atoms with Crippen LogP contribution in [0.25, 0.3) is 0 Å². The molecule has 0 aliphatic carbocycles. The van der Waals surface area contributed by atoms with E-state index in [1.54, 1.807) is 7.11 Å². The molecule has 2 nitrogen and oxygen atoms in total. The van der Waals surface area contributed by atoms with E-state index in [2.05, 4.69) is 30.9 Å². The molecule has 0 fully saturated rings. The van der Waals surface area contributed by atoms with E-state index in [1.807, 2.05) is 12.1 Å². The van der Waals surface area contributed by atoms with Crippen molar-refractivity contribution in [2.24, 2.45) is 0 Å². The Hall–Kier alpha value is -1.02. The summed E-state index contributed by atoms with van der Waals surface area (Å²) in [5.74, 6) is 0.928. The first-order valence-electron chi connectivity index (χ1n) is 5.65. The smallest absolute Gasteiger partial charge is 0.118 e. The van der Waals surface area contributed by atoms with Gasteiger partial charge in [-0.3, -0.25) is 4.90 Å². The Morgan fingerprint density at radius 3 is 2.27 bits per heavy atom. The zero-order valence-corrected chi connectivity index (χ0v) is 9.99. The number of ether oxygens (including phenoxy) is 1. The van der Waals surface area contributed by atoms with Gasteiger partial charge in [0, 0.05) is 6.54 Å². The van der Waals surface area contributed by atoms with Crippen LogP contribution in [0.3, 0.4) is 0 Å². The normalized spacial score (nSPS) is 10.7. The zero-order valence-electron chi connectivity index (χ0n) is 9.99. The van der Waals surface area contributed by atoms with Gasteiger partial charge >= 0.3 is 0 Å². The Morgan fingerprint density at radius 1 is 1.13 bits per heavy atom. The molecule has 15 heavy (non-hydrogen) atoms.